The van der Waals surface area contributed by atoms with Crippen LogP contribution in [0.4, 0.5) is 23.7 Å². The van der Waals surface area contributed by atoms with Crippen molar-refractivity contribution in [1.82, 2.24) is 10.3 Å². The number of rotatable bonds is 5. The second-order valence-electron chi connectivity index (χ2n) is 8.60. The molecule has 0 spiro atoms. The highest BCUT2D eigenvalue weighted by Crippen LogP contribution is 2.62. The maximum Gasteiger partial charge on any atom is 0.414 e. The van der Waals surface area contributed by atoms with E-state index in [9.17, 15) is 28.0 Å². The molecule has 3 fully saturated rings. The fourth-order valence-electron chi connectivity index (χ4n) is 4.87. The van der Waals surface area contributed by atoms with Gasteiger partial charge in [0.15, 0.2) is 11.6 Å². The molecular formula is C23H19F3N4O4. The third-order valence-electron chi connectivity index (χ3n) is 6.69. The van der Waals surface area contributed by atoms with Gasteiger partial charge in [-0.15, -0.1) is 0 Å². The summed E-state index contributed by atoms with van der Waals surface area (Å²) in [4.78, 5) is 28.2. The smallest absolute Gasteiger partial charge is 0.414 e. The maximum atomic E-state index is 15.0. The molecule has 2 aromatic rings. The predicted molar refractivity (Wildman–Crippen MR) is 111 cm³/mol. The Kier molecular flexibility index (Phi) is 5.20. The highest BCUT2D eigenvalue weighted by molar-refractivity contribution is 5.90. The topological polar surface area (TPSA) is 105 Å². The molecule has 5 rings (SSSR count). The molecule has 1 aromatic heterocycles. The first-order valence-corrected chi connectivity index (χ1v) is 10.6. The standard InChI is InChI=1S/C23H19F3N4O4/c1-11(31)28-6-13-7-30(22(32)34-13)17-4-16(24)19(21(26)20(17)25)12-2-3-18(29-5-12)23(10-27)14-8-33-9-15(14)23/h2-5,13-15H,6-9H2,1H3,(H,28,31)/t13-,14-,15+,23?/m0/s1. The van der Waals surface area contributed by atoms with E-state index >= 15 is 0 Å². The number of hydrogen-bond acceptors (Lipinski definition) is 6. The SMILES string of the molecule is CC(=O)NC[C@H]1CN(c2cc(F)c(-c3ccc(C4(C#N)[C@@H]5COC[C@@H]54)nc3)c(F)c2F)C(=O)O1. The van der Waals surface area contributed by atoms with Gasteiger partial charge in [-0.25, -0.2) is 18.0 Å². The number of ether oxygens (including phenoxy) is 2. The molecule has 4 atom stereocenters. The molecule has 1 N–H and O–H groups in total. The van der Waals surface area contributed by atoms with Crippen molar-refractivity contribution in [2.75, 3.05) is 31.2 Å². The third-order valence-corrected chi connectivity index (χ3v) is 6.69. The minimum Gasteiger partial charge on any atom is -0.442 e. The van der Waals surface area contributed by atoms with Gasteiger partial charge in [0, 0.05) is 36.6 Å². The second-order valence-corrected chi connectivity index (χ2v) is 8.60. The molecule has 3 aliphatic rings. The minimum absolute atomic E-state index is 0.00752. The molecule has 11 heteroatoms. The molecule has 176 valence electrons. The van der Waals surface area contributed by atoms with E-state index in [1.807, 2.05) is 0 Å². The Hall–Kier alpha value is -3.65. The number of carbonyl (C=O) groups is 2. The largest absolute Gasteiger partial charge is 0.442 e. The number of halogens is 3. The van der Waals surface area contributed by atoms with Crippen molar-refractivity contribution in [2.45, 2.75) is 18.4 Å². The van der Waals surface area contributed by atoms with E-state index in [2.05, 4.69) is 16.4 Å². The maximum absolute atomic E-state index is 15.0. The highest BCUT2D eigenvalue weighted by atomic mass is 19.2. The van der Waals surface area contributed by atoms with Gasteiger partial charge in [0.25, 0.3) is 0 Å². The molecule has 1 aliphatic carbocycles. The lowest BCUT2D eigenvalue weighted by Crippen LogP contribution is -2.33. The van der Waals surface area contributed by atoms with Gasteiger partial charge in [-0.2, -0.15) is 5.26 Å². The molecule has 1 saturated carbocycles. The van der Waals surface area contributed by atoms with Crippen molar-refractivity contribution in [1.29, 1.82) is 5.26 Å². The van der Waals surface area contributed by atoms with Crippen molar-refractivity contribution >= 4 is 17.7 Å². The van der Waals surface area contributed by atoms with Crippen LogP contribution in [0.15, 0.2) is 24.4 Å². The Balaban J connectivity index is 1.41. The monoisotopic (exact) mass is 472 g/mol. The molecule has 34 heavy (non-hydrogen) atoms. The zero-order valence-electron chi connectivity index (χ0n) is 18.0. The lowest BCUT2D eigenvalue weighted by Gasteiger charge is -2.17. The van der Waals surface area contributed by atoms with Crippen LogP contribution in [0.3, 0.4) is 0 Å². The number of cyclic esters (lactones) is 1. The van der Waals surface area contributed by atoms with Crippen LogP contribution in [0.5, 0.6) is 0 Å². The van der Waals surface area contributed by atoms with E-state index in [4.69, 9.17) is 9.47 Å². The van der Waals surface area contributed by atoms with E-state index in [1.165, 1.54) is 25.3 Å². The summed E-state index contributed by atoms with van der Waals surface area (Å²) in [5, 5.41) is 12.1. The highest BCUT2D eigenvalue weighted by Gasteiger charge is 2.70. The first kappa shape index (κ1) is 22.2. The van der Waals surface area contributed by atoms with Gasteiger partial charge in [0.1, 0.15) is 17.3 Å². The van der Waals surface area contributed by atoms with Crippen LogP contribution in [-0.4, -0.2) is 49.4 Å². The van der Waals surface area contributed by atoms with Crippen molar-refractivity contribution in [3.05, 3.63) is 47.5 Å². The summed E-state index contributed by atoms with van der Waals surface area (Å²) in [6, 6.07) is 5.94. The molecular weight excluding hydrogens is 453 g/mol. The number of fused-ring (bicyclic) bond motifs is 1. The summed E-state index contributed by atoms with van der Waals surface area (Å²) in [6.07, 6.45) is -0.567. The fourth-order valence-corrected chi connectivity index (χ4v) is 4.87. The van der Waals surface area contributed by atoms with Crippen molar-refractivity contribution in [2.24, 2.45) is 11.8 Å². The zero-order chi connectivity index (χ0) is 24.2. The van der Waals surface area contributed by atoms with Crippen LogP contribution < -0.4 is 10.2 Å². The van der Waals surface area contributed by atoms with E-state index in [0.717, 1.165) is 11.0 Å². The Labute approximate surface area is 192 Å². The van der Waals surface area contributed by atoms with Crippen molar-refractivity contribution in [3.63, 3.8) is 0 Å². The van der Waals surface area contributed by atoms with Crippen molar-refractivity contribution < 1.29 is 32.2 Å². The van der Waals surface area contributed by atoms with Gasteiger partial charge in [-0.1, -0.05) is 6.07 Å². The van der Waals surface area contributed by atoms with Crippen LogP contribution in [0.2, 0.25) is 0 Å². The van der Waals surface area contributed by atoms with Crippen LogP contribution in [0.25, 0.3) is 11.1 Å². The van der Waals surface area contributed by atoms with Gasteiger partial charge >= 0.3 is 6.09 Å². The summed E-state index contributed by atoms with van der Waals surface area (Å²) >= 11 is 0. The summed E-state index contributed by atoms with van der Waals surface area (Å²) < 4.78 is 55.3. The molecule has 0 bridgehead atoms. The lowest BCUT2D eigenvalue weighted by molar-refractivity contribution is -0.119. The van der Waals surface area contributed by atoms with Gasteiger partial charge in [-0.05, 0) is 6.07 Å². The molecule has 0 radical (unpaired) electrons. The summed E-state index contributed by atoms with van der Waals surface area (Å²) in [6.45, 7) is 2.00. The Morgan fingerprint density at radius 2 is 2.03 bits per heavy atom. The number of pyridine rings is 1. The number of nitrogens with zero attached hydrogens (tertiary/aromatic N) is 3. The minimum atomic E-state index is -1.48. The molecule has 2 saturated heterocycles. The number of aromatic nitrogens is 1. The predicted octanol–water partition coefficient (Wildman–Crippen LogP) is 2.66. The number of hydrogen-bond donors (Lipinski definition) is 1. The van der Waals surface area contributed by atoms with Crippen LogP contribution in [-0.2, 0) is 19.7 Å². The van der Waals surface area contributed by atoms with Crippen LogP contribution in [0, 0.1) is 40.6 Å². The number of carbonyl (C=O) groups excluding carboxylic acids is 2. The third kappa shape index (κ3) is 3.28. The molecule has 2 aliphatic heterocycles. The Morgan fingerprint density at radius 1 is 1.29 bits per heavy atom. The molecule has 2 amide bonds. The summed E-state index contributed by atoms with van der Waals surface area (Å²) in [5.41, 5.74) is -1.53. The Bertz CT molecular complexity index is 1220. The number of nitrogens with one attached hydrogen (secondary N) is 1. The number of nitriles is 1. The first-order chi connectivity index (χ1) is 16.3. The van der Waals surface area contributed by atoms with Gasteiger partial charge in [-0.3, -0.25) is 14.7 Å². The van der Waals surface area contributed by atoms with E-state index < -0.39 is 46.3 Å². The van der Waals surface area contributed by atoms with E-state index in [-0.39, 0.29) is 36.4 Å². The Morgan fingerprint density at radius 3 is 2.65 bits per heavy atom. The molecule has 1 unspecified atom stereocenters. The summed E-state index contributed by atoms with van der Waals surface area (Å²) in [5.74, 6) is -4.25. The normalized spacial score (nSPS) is 27.2. The second kappa shape index (κ2) is 7.99. The average Bonchev–Trinajstić information content (AvgIpc) is 3.11. The number of anilines is 1. The van der Waals surface area contributed by atoms with E-state index in [1.54, 1.807) is 0 Å². The van der Waals surface area contributed by atoms with Crippen LogP contribution >= 0.6 is 0 Å². The first-order valence-electron chi connectivity index (χ1n) is 10.6. The molecule has 1 aromatic carbocycles. The van der Waals surface area contributed by atoms with E-state index in [0.29, 0.717) is 18.9 Å². The quantitative estimate of drug-likeness (QED) is 0.671. The summed E-state index contributed by atoms with van der Waals surface area (Å²) in [7, 11) is 0. The number of benzene rings is 1. The molecule has 3 heterocycles. The fraction of sp³-hybridized carbons (Fsp3) is 0.391. The lowest BCUT2D eigenvalue weighted by atomic mass is 9.96. The van der Waals surface area contributed by atoms with Gasteiger partial charge < -0.3 is 14.8 Å². The molecule has 8 nitrogen and oxygen atoms in total. The van der Waals surface area contributed by atoms with Crippen LogP contribution in [0.1, 0.15) is 12.6 Å². The van der Waals surface area contributed by atoms with Gasteiger partial charge in [0.05, 0.1) is 49.3 Å². The zero-order valence-corrected chi connectivity index (χ0v) is 18.0. The average molecular weight is 472 g/mol. The van der Waals surface area contributed by atoms with Gasteiger partial charge in [0.2, 0.25) is 5.91 Å². The number of amides is 2. The van der Waals surface area contributed by atoms with Crippen molar-refractivity contribution in [3.8, 4) is 17.2 Å².